The van der Waals surface area contributed by atoms with Crippen LogP contribution in [0.4, 0.5) is 5.69 Å². The molecule has 0 atom stereocenters. The van der Waals surface area contributed by atoms with Crippen molar-refractivity contribution in [2.45, 2.75) is 0 Å². The van der Waals surface area contributed by atoms with Crippen molar-refractivity contribution in [3.8, 4) is 17.0 Å². The van der Waals surface area contributed by atoms with E-state index < -0.39 is 4.90 Å². The van der Waals surface area contributed by atoms with Crippen molar-refractivity contribution in [3.63, 3.8) is 0 Å². The van der Waals surface area contributed by atoms with Gasteiger partial charge in [0.25, 0.3) is 0 Å². The normalized spacial score (nSPS) is 10.9. The molecule has 0 saturated heterocycles. The molecule has 0 fully saturated rings. The van der Waals surface area contributed by atoms with Crippen LogP contribution in [0.3, 0.4) is 0 Å². The van der Waals surface area contributed by atoms with E-state index in [-0.39, 0.29) is 12.0 Å². The Hall–Kier alpha value is -2.93. The average Bonchev–Trinajstić information content (AvgIpc) is 2.57. The summed E-state index contributed by atoms with van der Waals surface area (Å²) in [5.74, 6) is 0.708. The monoisotopic (exact) mass is 314 g/mol. The number of benzene rings is 2. The largest absolute Gasteiger partial charge is 0.612 e. The van der Waals surface area contributed by atoms with E-state index in [1.54, 1.807) is 13.2 Å². The number of anilines is 1. The second-order valence-electron chi connectivity index (χ2n) is 5.05. The first-order valence-corrected chi connectivity index (χ1v) is 7.10. The van der Waals surface area contributed by atoms with Gasteiger partial charge in [0.05, 0.1) is 25.1 Å². The molecule has 0 unspecified atom stereocenters. The molecule has 3 rings (SSSR count). The Morgan fingerprint density at radius 3 is 2.74 bits per heavy atom. The molecule has 1 heterocycles. The van der Waals surface area contributed by atoms with Crippen molar-refractivity contribution < 1.29 is 9.84 Å². The van der Waals surface area contributed by atoms with E-state index in [4.69, 9.17) is 9.84 Å². The number of hydrogen-bond acceptors (Lipinski definition) is 5. The maximum absolute atomic E-state index is 11.0. The Balaban J connectivity index is 2.35. The summed E-state index contributed by atoms with van der Waals surface area (Å²) in [7, 11) is 1.59. The van der Waals surface area contributed by atoms with E-state index in [1.807, 2.05) is 18.2 Å². The van der Waals surface area contributed by atoms with Crippen LogP contribution >= 0.6 is 0 Å². The highest BCUT2D eigenvalue weighted by atomic mass is 16.8. The number of aromatic amines is 1. The van der Waals surface area contributed by atoms with Gasteiger partial charge in [0.1, 0.15) is 5.75 Å². The van der Waals surface area contributed by atoms with Gasteiger partial charge in [-0.3, -0.25) is 0 Å². The van der Waals surface area contributed by atoms with E-state index in [1.165, 1.54) is 12.1 Å². The Kier molecular flexibility index (Phi) is 3.94. The fourth-order valence-electron chi connectivity index (χ4n) is 2.59. The van der Waals surface area contributed by atoms with Gasteiger partial charge >= 0.3 is 0 Å². The van der Waals surface area contributed by atoms with Gasteiger partial charge < -0.3 is 30.6 Å². The molecule has 7 nitrogen and oxygen atoms in total. The topological polar surface area (TPSA) is 106 Å². The van der Waals surface area contributed by atoms with Crippen LogP contribution in [0.1, 0.15) is 0 Å². The fourth-order valence-corrected chi connectivity index (χ4v) is 2.59. The molecule has 23 heavy (non-hydrogen) atoms. The first-order chi connectivity index (χ1) is 11.1. The quantitative estimate of drug-likeness (QED) is 0.499. The van der Waals surface area contributed by atoms with Crippen LogP contribution in [0.5, 0.6) is 5.75 Å². The van der Waals surface area contributed by atoms with Gasteiger partial charge in [0.2, 0.25) is 5.36 Å². The van der Waals surface area contributed by atoms with Crippen LogP contribution in [0.15, 0.2) is 36.4 Å². The summed E-state index contributed by atoms with van der Waals surface area (Å²) in [6.45, 7) is 0.362. The van der Waals surface area contributed by atoms with Gasteiger partial charge in [-0.15, -0.1) is 0 Å². The number of aromatic nitrogens is 1. The Morgan fingerprint density at radius 1 is 1.22 bits per heavy atom. The number of H-pyrrole nitrogens is 1. The average molecular weight is 314 g/mol. The Bertz CT molecular complexity index is 884. The summed E-state index contributed by atoms with van der Waals surface area (Å²) >= 11 is 0. The lowest BCUT2D eigenvalue weighted by Crippen LogP contribution is -2.18. The lowest BCUT2D eigenvalue weighted by atomic mass is 10.0. The molecule has 1 aromatic rings. The number of hydrogen-bond donors (Lipinski definition) is 3. The summed E-state index contributed by atoms with van der Waals surface area (Å²) in [6.07, 6.45) is 0. The molecule has 0 radical (unpaired) electrons. The van der Waals surface area contributed by atoms with Crippen LogP contribution in [0, 0.1) is 10.4 Å². The molecule has 0 amide bonds. The molecule has 1 aliphatic carbocycles. The van der Waals surface area contributed by atoms with Gasteiger partial charge in [-0.05, 0) is 24.3 Å². The first-order valence-electron chi connectivity index (χ1n) is 7.10. The molecule has 120 valence electrons. The lowest BCUT2D eigenvalue weighted by molar-refractivity contribution is 0.311. The van der Waals surface area contributed by atoms with Crippen LogP contribution in [-0.4, -0.2) is 30.4 Å². The van der Waals surface area contributed by atoms with E-state index in [2.05, 4.69) is 10.3 Å². The highest BCUT2D eigenvalue weighted by Gasteiger charge is 2.14. The Labute approximate surface area is 132 Å². The van der Waals surface area contributed by atoms with Crippen molar-refractivity contribution in [1.82, 2.24) is 9.89 Å². The summed E-state index contributed by atoms with van der Waals surface area (Å²) in [5.41, 5.74) is 3.08. The molecule has 3 N–H and O–H groups in total. The van der Waals surface area contributed by atoms with Crippen LogP contribution < -0.4 is 20.3 Å². The molecule has 1 aliphatic heterocycles. The lowest BCUT2D eigenvalue weighted by Gasteiger charge is -2.17. The van der Waals surface area contributed by atoms with Gasteiger partial charge in [0.15, 0.2) is 0 Å². The van der Waals surface area contributed by atoms with Crippen molar-refractivity contribution in [2.24, 2.45) is 0 Å². The van der Waals surface area contributed by atoms with Gasteiger partial charge in [-0.25, -0.2) is 0 Å². The highest BCUT2D eigenvalue weighted by molar-refractivity contribution is 6.01. The fraction of sp³-hybridized carbons (Fsp3) is 0.188. The van der Waals surface area contributed by atoms with Crippen molar-refractivity contribution in [3.05, 3.63) is 52.2 Å². The minimum atomic E-state index is -0.424. The SMILES string of the molecule is COc1ccc2[nH]c3cc(=[N+]([O-])[O-])ccc-3c(NCCO)c2c1. The molecule has 0 bridgehead atoms. The molecule has 0 saturated carbocycles. The number of methoxy groups -OCH3 is 1. The second-order valence-corrected chi connectivity index (χ2v) is 5.05. The van der Waals surface area contributed by atoms with Crippen molar-refractivity contribution in [2.75, 3.05) is 25.6 Å². The minimum Gasteiger partial charge on any atom is -0.612 e. The van der Waals surface area contributed by atoms with Gasteiger partial charge in [0, 0.05) is 35.1 Å². The molecular formula is C16H16N3O4-. The van der Waals surface area contributed by atoms with Gasteiger partial charge in [-0.1, -0.05) is 0 Å². The third-order valence-corrected chi connectivity index (χ3v) is 3.66. The number of ether oxygens (including phenoxy) is 1. The van der Waals surface area contributed by atoms with Crippen molar-refractivity contribution in [1.29, 1.82) is 0 Å². The number of pyridine rings is 1. The Morgan fingerprint density at radius 2 is 2.04 bits per heavy atom. The molecular weight excluding hydrogens is 298 g/mol. The van der Waals surface area contributed by atoms with E-state index in [0.717, 1.165) is 22.2 Å². The number of rotatable bonds is 4. The highest BCUT2D eigenvalue weighted by Crippen LogP contribution is 2.35. The van der Waals surface area contributed by atoms with Crippen LogP contribution in [0.2, 0.25) is 0 Å². The summed E-state index contributed by atoms with van der Waals surface area (Å²) < 4.78 is 5.26. The van der Waals surface area contributed by atoms with E-state index in [9.17, 15) is 10.4 Å². The minimum absolute atomic E-state index is 0.0153. The predicted molar refractivity (Wildman–Crippen MR) is 89.1 cm³/mol. The molecule has 1 aromatic carbocycles. The number of nitrogens with one attached hydrogen (secondary N) is 2. The standard InChI is InChI=1S/C16H16N3O4/c1-23-11-3-5-14-13(9-11)16(17-6-7-20)12-4-2-10(19(21)22)8-15(12)18-14/h2-5,8-9,17-18,20H,6-7H2,1H3/q-1. The number of nitrogens with zero attached hydrogens (tertiary/aromatic N) is 1. The third-order valence-electron chi connectivity index (χ3n) is 3.66. The number of aliphatic hydroxyl groups is 1. The zero-order valence-corrected chi connectivity index (χ0v) is 12.5. The summed E-state index contributed by atoms with van der Waals surface area (Å²) in [5, 5.41) is 35.2. The zero-order valence-electron chi connectivity index (χ0n) is 12.5. The van der Waals surface area contributed by atoms with Crippen LogP contribution in [0.25, 0.3) is 22.2 Å². The van der Waals surface area contributed by atoms with E-state index >= 15 is 0 Å². The third kappa shape index (κ3) is 2.74. The summed E-state index contributed by atoms with van der Waals surface area (Å²) in [6, 6.07) is 10.2. The molecule has 0 spiro atoms. The van der Waals surface area contributed by atoms with Crippen LogP contribution in [-0.2, 0) is 0 Å². The number of fused-ring (bicyclic) bond motifs is 2. The van der Waals surface area contributed by atoms with Gasteiger partial charge in [-0.2, -0.15) is 4.90 Å². The zero-order chi connectivity index (χ0) is 16.4. The molecule has 2 aliphatic rings. The van der Waals surface area contributed by atoms with Crippen molar-refractivity contribution >= 4 is 16.6 Å². The predicted octanol–water partition coefficient (Wildman–Crippen LogP) is 1.45. The first kappa shape index (κ1) is 15.0. The summed E-state index contributed by atoms with van der Waals surface area (Å²) in [4.78, 5) is 2.79. The number of aliphatic hydroxyl groups excluding tert-OH is 1. The molecule has 0 aromatic heterocycles. The second kappa shape index (κ2) is 6.05. The maximum atomic E-state index is 11.0. The van der Waals surface area contributed by atoms with E-state index in [0.29, 0.717) is 18.0 Å². The molecule has 7 heteroatoms. The smallest absolute Gasteiger partial charge is 0.224 e. The maximum Gasteiger partial charge on any atom is 0.224 e.